The third-order valence-corrected chi connectivity index (χ3v) is 2.77. The van der Waals surface area contributed by atoms with Crippen LogP contribution >= 0.6 is 11.6 Å². The van der Waals surface area contributed by atoms with Crippen LogP contribution in [0.15, 0.2) is 54.6 Å². The summed E-state index contributed by atoms with van der Waals surface area (Å²) in [5.74, 6) is -0.0126. The molecule has 0 bridgehead atoms. The van der Waals surface area contributed by atoms with Gasteiger partial charge in [0.25, 0.3) is 0 Å². The Labute approximate surface area is 94.0 Å². The molecule has 0 fully saturated rings. The average Bonchev–Trinajstić information content (AvgIpc) is 2.30. The molecule has 1 radical (unpaired) electrons. The van der Waals surface area contributed by atoms with Gasteiger partial charge in [0.05, 0.1) is 5.38 Å². The van der Waals surface area contributed by atoms with E-state index >= 15 is 0 Å². The Balaban J connectivity index is 2.37. The molecular weight excluding hydrogens is 208 g/mol. The lowest BCUT2D eigenvalue weighted by Gasteiger charge is -2.10. The highest BCUT2D eigenvalue weighted by Crippen LogP contribution is 2.34. The molecular formula is C13H10ClO. The highest BCUT2D eigenvalue weighted by atomic mass is 35.5. The van der Waals surface area contributed by atoms with E-state index in [2.05, 4.69) is 0 Å². The molecule has 2 aromatic rings. The molecule has 0 spiro atoms. The second-order valence-corrected chi connectivity index (χ2v) is 3.75. The van der Waals surface area contributed by atoms with E-state index in [1.54, 1.807) is 12.1 Å². The molecule has 0 saturated heterocycles. The summed E-state index contributed by atoms with van der Waals surface area (Å²) in [5.41, 5.74) is 1.58. The van der Waals surface area contributed by atoms with Gasteiger partial charge in [0.2, 0.25) is 0 Å². The van der Waals surface area contributed by atoms with Gasteiger partial charge in [0.15, 0.2) is 5.75 Å². The van der Waals surface area contributed by atoms with Crippen molar-refractivity contribution in [1.29, 1.82) is 0 Å². The predicted molar refractivity (Wildman–Crippen MR) is 60.7 cm³/mol. The summed E-state index contributed by atoms with van der Waals surface area (Å²) in [6, 6.07) is 16.5. The van der Waals surface area contributed by atoms with Crippen LogP contribution in [0.4, 0.5) is 0 Å². The Hall–Kier alpha value is -1.47. The zero-order valence-corrected chi connectivity index (χ0v) is 8.82. The summed E-state index contributed by atoms with van der Waals surface area (Å²) in [5, 5.41) is 11.2. The third kappa shape index (κ3) is 2.13. The average molecular weight is 218 g/mol. The lowest BCUT2D eigenvalue weighted by molar-refractivity contribution is 0.350. The minimum Gasteiger partial charge on any atom is -0.290 e. The maximum Gasteiger partial charge on any atom is 0.183 e. The van der Waals surface area contributed by atoms with E-state index in [4.69, 9.17) is 11.6 Å². The second-order valence-electron chi connectivity index (χ2n) is 3.31. The van der Waals surface area contributed by atoms with Gasteiger partial charge in [0, 0.05) is 5.56 Å². The largest absolute Gasteiger partial charge is 0.290 e. The fraction of sp³-hybridized carbons (Fsp3) is 0.0769. The monoisotopic (exact) mass is 217 g/mol. The summed E-state index contributed by atoms with van der Waals surface area (Å²) >= 11 is 6.24. The maximum absolute atomic E-state index is 11.5. The van der Waals surface area contributed by atoms with Crippen molar-refractivity contribution in [3.05, 3.63) is 65.7 Å². The number of hydrogen-bond donors (Lipinski definition) is 0. The van der Waals surface area contributed by atoms with Crippen molar-refractivity contribution in [3.8, 4) is 5.75 Å². The zero-order valence-electron chi connectivity index (χ0n) is 8.06. The van der Waals surface area contributed by atoms with E-state index in [-0.39, 0.29) is 11.1 Å². The Morgan fingerprint density at radius 3 is 2.13 bits per heavy atom. The van der Waals surface area contributed by atoms with E-state index < -0.39 is 0 Å². The second kappa shape index (κ2) is 4.37. The molecule has 0 N–H and O–H groups in total. The van der Waals surface area contributed by atoms with Crippen LogP contribution < -0.4 is 0 Å². The van der Waals surface area contributed by atoms with Crippen LogP contribution in [0.2, 0.25) is 0 Å². The van der Waals surface area contributed by atoms with Gasteiger partial charge in [-0.25, -0.2) is 0 Å². The Bertz CT molecular complexity index is 439. The molecule has 0 aromatic heterocycles. The molecule has 0 saturated carbocycles. The highest BCUT2D eigenvalue weighted by molar-refractivity contribution is 6.22. The van der Waals surface area contributed by atoms with Crippen molar-refractivity contribution in [2.45, 2.75) is 5.38 Å². The van der Waals surface area contributed by atoms with Gasteiger partial charge in [-0.3, -0.25) is 5.11 Å². The number of alkyl halides is 1. The van der Waals surface area contributed by atoms with E-state index in [0.717, 1.165) is 5.56 Å². The van der Waals surface area contributed by atoms with E-state index in [0.29, 0.717) is 5.56 Å². The Morgan fingerprint density at radius 1 is 0.867 bits per heavy atom. The van der Waals surface area contributed by atoms with Crippen LogP contribution in [0, 0.1) is 0 Å². The van der Waals surface area contributed by atoms with Gasteiger partial charge in [-0.05, 0) is 11.6 Å². The number of halogens is 1. The lowest BCUT2D eigenvalue weighted by Crippen LogP contribution is -1.92. The molecule has 0 aliphatic rings. The normalized spacial score (nSPS) is 12.3. The molecule has 0 heterocycles. The topological polar surface area (TPSA) is 19.9 Å². The van der Waals surface area contributed by atoms with Crippen molar-refractivity contribution in [2.75, 3.05) is 0 Å². The summed E-state index contributed by atoms with van der Waals surface area (Å²) in [6.45, 7) is 0. The van der Waals surface area contributed by atoms with Crippen LogP contribution in [0.1, 0.15) is 16.5 Å². The van der Waals surface area contributed by atoms with Gasteiger partial charge < -0.3 is 0 Å². The minimum atomic E-state index is -0.361. The molecule has 2 aromatic carbocycles. The van der Waals surface area contributed by atoms with Gasteiger partial charge in [0.1, 0.15) is 0 Å². The SMILES string of the molecule is [O]c1ccccc1C(Cl)c1ccccc1. The van der Waals surface area contributed by atoms with Crippen LogP contribution in [-0.2, 0) is 5.11 Å². The van der Waals surface area contributed by atoms with Gasteiger partial charge in [-0.2, -0.15) is 0 Å². The van der Waals surface area contributed by atoms with Crippen molar-refractivity contribution >= 4 is 11.6 Å². The van der Waals surface area contributed by atoms with E-state index in [9.17, 15) is 5.11 Å². The van der Waals surface area contributed by atoms with Crippen molar-refractivity contribution in [2.24, 2.45) is 0 Å². The quantitative estimate of drug-likeness (QED) is 0.674. The summed E-state index contributed by atoms with van der Waals surface area (Å²) in [7, 11) is 0. The first kappa shape index (κ1) is 10.1. The molecule has 1 unspecified atom stereocenters. The Morgan fingerprint density at radius 2 is 1.47 bits per heavy atom. The van der Waals surface area contributed by atoms with Gasteiger partial charge >= 0.3 is 0 Å². The van der Waals surface area contributed by atoms with Crippen LogP contribution in [0.25, 0.3) is 0 Å². The molecule has 1 atom stereocenters. The van der Waals surface area contributed by atoms with Crippen molar-refractivity contribution in [3.63, 3.8) is 0 Å². The van der Waals surface area contributed by atoms with Crippen LogP contribution in [0.3, 0.4) is 0 Å². The molecule has 15 heavy (non-hydrogen) atoms. The molecule has 2 rings (SSSR count). The maximum atomic E-state index is 11.5. The highest BCUT2D eigenvalue weighted by Gasteiger charge is 2.14. The molecule has 75 valence electrons. The first-order valence-corrected chi connectivity index (χ1v) is 5.17. The minimum absolute atomic E-state index is 0.0126. The number of para-hydroxylation sites is 1. The molecule has 1 nitrogen and oxygen atoms in total. The molecule has 0 aliphatic carbocycles. The molecule has 0 amide bonds. The van der Waals surface area contributed by atoms with Crippen molar-refractivity contribution in [1.82, 2.24) is 0 Å². The molecule has 2 heteroatoms. The number of benzene rings is 2. The van der Waals surface area contributed by atoms with Gasteiger partial charge in [-0.1, -0.05) is 48.5 Å². The van der Waals surface area contributed by atoms with E-state index in [1.807, 2.05) is 36.4 Å². The van der Waals surface area contributed by atoms with E-state index in [1.165, 1.54) is 6.07 Å². The predicted octanol–water partition coefficient (Wildman–Crippen LogP) is 4.16. The van der Waals surface area contributed by atoms with Gasteiger partial charge in [-0.15, -0.1) is 11.6 Å². The van der Waals surface area contributed by atoms with Crippen LogP contribution in [-0.4, -0.2) is 0 Å². The number of hydrogen-bond acceptors (Lipinski definition) is 0. The fourth-order valence-corrected chi connectivity index (χ4v) is 1.82. The zero-order chi connectivity index (χ0) is 10.7. The first-order chi connectivity index (χ1) is 7.29. The lowest BCUT2D eigenvalue weighted by atomic mass is 10.0. The molecule has 0 aliphatic heterocycles. The summed E-state index contributed by atoms with van der Waals surface area (Å²) in [6.07, 6.45) is 0. The van der Waals surface area contributed by atoms with Crippen LogP contribution in [0.5, 0.6) is 5.75 Å². The standard InChI is InChI=1S/C13H10ClO/c14-13(10-6-2-1-3-7-10)11-8-4-5-9-12(11)15/h1-9,13H. The Kier molecular flexibility index (Phi) is 2.93. The van der Waals surface area contributed by atoms with Crippen molar-refractivity contribution < 1.29 is 5.11 Å². The first-order valence-electron chi connectivity index (χ1n) is 4.74. The fourth-order valence-electron chi connectivity index (χ4n) is 1.49. The summed E-state index contributed by atoms with van der Waals surface area (Å²) < 4.78 is 0. The number of rotatable bonds is 2. The third-order valence-electron chi connectivity index (χ3n) is 2.28. The smallest absolute Gasteiger partial charge is 0.183 e. The summed E-state index contributed by atoms with van der Waals surface area (Å²) in [4.78, 5) is 0.